The van der Waals surface area contributed by atoms with Gasteiger partial charge in [-0.05, 0) is 13.3 Å². The summed E-state index contributed by atoms with van der Waals surface area (Å²) in [7, 11) is 0. The zero-order chi connectivity index (χ0) is 6.41. The molecule has 0 aliphatic rings. The third-order valence-corrected chi connectivity index (χ3v) is 1.12. The minimum absolute atomic E-state index is 0.569. The van der Waals surface area contributed by atoms with Crippen molar-refractivity contribution in [1.82, 2.24) is 0 Å². The van der Waals surface area contributed by atoms with Gasteiger partial charge in [-0.15, -0.1) is 0 Å². The van der Waals surface area contributed by atoms with E-state index in [0.29, 0.717) is 6.42 Å². The second-order valence-corrected chi connectivity index (χ2v) is 1.81. The second kappa shape index (κ2) is 4.57. The first kappa shape index (κ1) is 7.41. The van der Waals surface area contributed by atoms with Crippen molar-refractivity contribution in [2.24, 2.45) is 0 Å². The highest BCUT2D eigenvalue weighted by Gasteiger charge is 1.79. The van der Waals surface area contributed by atoms with Gasteiger partial charge in [0.2, 0.25) is 0 Å². The van der Waals surface area contributed by atoms with Gasteiger partial charge in [0, 0.05) is 6.42 Å². The van der Waals surface area contributed by atoms with E-state index < -0.39 is 0 Å². The van der Waals surface area contributed by atoms with Crippen LogP contribution in [0, 0.1) is 0 Å². The van der Waals surface area contributed by atoms with E-state index in [2.05, 4.69) is 6.92 Å². The van der Waals surface area contributed by atoms with Crippen LogP contribution in [-0.4, -0.2) is 6.29 Å². The van der Waals surface area contributed by atoms with E-state index in [1.807, 2.05) is 13.0 Å². The predicted octanol–water partition coefficient (Wildman–Crippen LogP) is 1.93. The molecule has 0 bridgehead atoms. The standard InChI is InChI=1S/C7H12O/c1-3-7(2)5-4-6-8/h5-6H,3-4H2,1-2H3/b7-5-. The Morgan fingerprint density at radius 2 is 2.25 bits per heavy atom. The summed E-state index contributed by atoms with van der Waals surface area (Å²) in [5, 5.41) is 0. The summed E-state index contributed by atoms with van der Waals surface area (Å²) in [6, 6.07) is 0. The van der Waals surface area contributed by atoms with Crippen molar-refractivity contribution in [3.05, 3.63) is 11.6 Å². The van der Waals surface area contributed by atoms with Crippen LogP contribution in [0.25, 0.3) is 0 Å². The van der Waals surface area contributed by atoms with E-state index in [4.69, 9.17) is 0 Å². The zero-order valence-electron chi connectivity index (χ0n) is 5.48. The first-order valence-corrected chi connectivity index (χ1v) is 2.90. The van der Waals surface area contributed by atoms with E-state index in [-0.39, 0.29) is 0 Å². The molecular weight excluding hydrogens is 100 g/mol. The highest BCUT2D eigenvalue weighted by atomic mass is 16.1. The van der Waals surface area contributed by atoms with Crippen molar-refractivity contribution in [2.75, 3.05) is 0 Å². The van der Waals surface area contributed by atoms with E-state index in [9.17, 15) is 4.79 Å². The van der Waals surface area contributed by atoms with Crippen molar-refractivity contribution < 1.29 is 4.79 Å². The van der Waals surface area contributed by atoms with Crippen LogP contribution < -0.4 is 0 Å². The molecular formula is C7H12O. The molecule has 0 aromatic carbocycles. The minimum Gasteiger partial charge on any atom is -0.303 e. The smallest absolute Gasteiger partial charge is 0.123 e. The maximum atomic E-state index is 9.78. The lowest BCUT2D eigenvalue weighted by atomic mass is 10.2. The van der Waals surface area contributed by atoms with Crippen LogP contribution in [0.5, 0.6) is 0 Å². The van der Waals surface area contributed by atoms with Gasteiger partial charge < -0.3 is 4.79 Å². The van der Waals surface area contributed by atoms with E-state index in [1.54, 1.807) is 0 Å². The molecule has 0 N–H and O–H groups in total. The number of carbonyl (C=O) groups excluding carboxylic acids is 1. The molecule has 0 aromatic rings. The van der Waals surface area contributed by atoms with Crippen molar-refractivity contribution in [3.63, 3.8) is 0 Å². The Morgan fingerprint density at radius 1 is 1.62 bits per heavy atom. The molecule has 0 radical (unpaired) electrons. The first-order valence-electron chi connectivity index (χ1n) is 2.90. The third kappa shape index (κ3) is 3.59. The summed E-state index contributed by atoms with van der Waals surface area (Å²) in [6.07, 6.45) is 4.49. The Bertz CT molecular complexity index is 92.6. The number of aldehydes is 1. The SMILES string of the molecule is CC/C(C)=C\CC=O. The molecule has 0 saturated heterocycles. The molecule has 0 spiro atoms. The molecule has 1 nitrogen and oxygen atoms in total. The number of rotatable bonds is 3. The fourth-order valence-electron chi connectivity index (χ4n) is 0.394. The third-order valence-electron chi connectivity index (χ3n) is 1.12. The molecule has 8 heavy (non-hydrogen) atoms. The molecule has 0 aliphatic carbocycles. The fraction of sp³-hybridized carbons (Fsp3) is 0.571. The van der Waals surface area contributed by atoms with Crippen LogP contribution in [0.4, 0.5) is 0 Å². The van der Waals surface area contributed by atoms with Crippen molar-refractivity contribution in [2.45, 2.75) is 26.7 Å². The summed E-state index contributed by atoms with van der Waals surface area (Å²) >= 11 is 0. The number of carbonyl (C=O) groups is 1. The van der Waals surface area contributed by atoms with Gasteiger partial charge in [-0.2, -0.15) is 0 Å². The predicted molar refractivity (Wildman–Crippen MR) is 34.7 cm³/mol. The molecule has 0 saturated carbocycles. The fourth-order valence-corrected chi connectivity index (χ4v) is 0.394. The van der Waals surface area contributed by atoms with Crippen molar-refractivity contribution in [1.29, 1.82) is 0 Å². The van der Waals surface area contributed by atoms with Gasteiger partial charge in [-0.1, -0.05) is 18.6 Å². The minimum atomic E-state index is 0.569. The summed E-state index contributed by atoms with van der Waals surface area (Å²) in [6.45, 7) is 4.11. The molecule has 0 unspecified atom stereocenters. The van der Waals surface area contributed by atoms with Gasteiger partial charge >= 0.3 is 0 Å². The summed E-state index contributed by atoms with van der Waals surface area (Å²) < 4.78 is 0. The van der Waals surface area contributed by atoms with Gasteiger partial charge in [0.25, 0.3) is 0 Å². The zero-order valence-corrected chi connectivity index (χ0v) is 5.48. The Morgan fingerprint density at radius 3 is 2.62 bits per heavy atom. The van der Waals surface area contributed by atoms with Crippen LogP contribution in [0.1, 0.15) is 26.7 Å². The summed E-state index contributed by atoms with van der Waals surface area (Å²) in [5.41, 5.74) is 1.29. The maximum Gasteiger partial charge on any atom is 0.123 e. The van der Waals surface area contributed by atoms with Gasteiger partial charge in [0.15, 0.2) is 0 Å². The molecule has 0 amide bonds. The van der Waals surface area contributed by atoms with Gasteiger partial charge in [0.05, 0.1) is 0 Å². The molecule has 0 rings (SSSR count). The maximum absolute atomic E-state index is 9.78. The summed E-state index contributed by atoms with van der Waals surface area (Å²) in [5.74, 6) is 0. The Labute approximate surface area is 50.4 Å². The van der Waals surface area contributed by atoms with E-state index >= 15 is 0 Å². The van der Waals surface area contributed by atoms with Gasteiger partial charge in [-0.25, -0.2) is 0 Å². The topological polar surface area (TPSA) is 17.1 Å². The lowest BCUT2D eigenvalue weighted by Gasteiger charge is -1.88. The monoisotopic (exact) mass is 112 g/mol. The highest BCUT2D eigenvalue weighted by Crippen LogP contribution is 1.97. The molecule has 0 aliphatic heterocycles. The second-order valence-electron chi connectivity index (χ2n) is 1.81. The summed E-state index contributed by atoms with van der Waals surface area (Å²) in [4.78, 5) is 9.78. The molecule has 0 atom stereocenters. The lowest BCUT2D eigenvalue weighted by molar-refractivity contribution is -0.107. The number of allylic oxidation sites excluding steroid dienone is 2. The molecule has 0 aromatic heterocycles. The lowest BCUT2D eigenvalue weighted by Crippen LogP contribution is -1.72. The quantitative estimate of drug-likeness (QED) is 0.402. The largest absolute Gasteiger partial charge is 0.303 e. The van der Waals surface area contributed by atoms with Crippen LogP contribution in [0.2, 0.25) is 0 Å². The van der Waals surface area contributed by atoms with Crippen molar-refractivity contribution in [3.8, 4) is 0 Å². The average molecular weight is 112 g/mol. The normalized spacial score (nSPS) is 11.5. The highest BCUT2D eigenvalue weighted by molar-refractivity contribution is 5.52. The van der Waals surface area contributed by atoms with Crippen LogP contribution in [-0.2, 0) is 4.79 Å². The van der Waals surface area contributed by atoms with Crippen molar-refractivity contribution >= 4 is 6.29 Å². The molecule has 0 fully saturated rings. The van der Waals surface area contributed by atoms with Crippen LogP contribution in [0.15, 0.2) is 11.6 Å². The molecule has 0 heterocycles. The van der Waals surface area contributed by atoms with E-state index in [0.717, 1.165) is 12.7 Å². The van der Waals surface area contributed by atoms with Gasteiger partial charge in [0.1, 0.15) is 6.29 Å². The number of hydrogen-bond donors (Lipinski definition) is 0. The molecule has 1 heteroatoms. The Balaban J connectivity index is 3.40. The van der Waals surface area contributed by atoms with Gasteiger partial charge in [-0.3, -0.25) is 0 Å². The Kier molecular flexibility index (Phi) is 4.23. The Hall–Kier alpha value is -0.590. The average Bonchev–Trinajstić information content (AvgIpc) is 1.83. The van der Waals surface area contributed by atoms with Crippen LogP contribution >= 0.6 is 0 Å². The molecule has 46 valence electrons. The first-order chi connectivity index (χ1) is 3.81. The van der Waals surface area contributed by atoms with E-state index in [1.165, 1.54) is 5.57 Å². The number of hydrogen-bond acceptors (Lipinski definition) is 1. The van der Waals surface area contributed by atoms with Crippen LogP contribution in [0.3, 0.4) is 0 Å².